The van der Waals surface area contributed by atoms with Crippen molar-refractivity contribution in [3.8, 4) is 11.5 Å². The lowest BCUT2D eigenvalue weighted by Crippen LogP contribution is -2.05. The first-order chi connectivity index (χ1) is 15.3. The van der Waals surface area contributed by atoms with Gasteiger partial charge in [0.1, 0.15) is 23.9 Å². The number of nitrogens with zero attached hydrogens (tertiary/aromatic N) is 1. The lowest BCUT2D eigenvalue weighted by molar-refractivity contribution is 0.145. The van der Waals surface area contributed by atoms with E-state index in [1.807, 2.05) is 10.6 Å². The van der Waals surface area contributed by atoms with Crippen LogP contribution in [0.15, 0.2) is 60.8 Å². The SMILES string of the molecule is O=C(O)Oc1cccc2c1ccn2Cc1cc(Cl)cc(Cl)c1OCc1ccc(Cl)cc1F. The van der Waals surface area contributed by atoms with Gasteiger partial charge in [0.15, 0.2) is 0 Å². The van der Waals surface area contributed by atoms with E-state index in [0.717, 1.165) is 5.52 Å². The summed E-state index contributed by atoms with van der Waals surface area (Å²) in [5.74, 6) is 0.115. The normalized spacial score (nSPS) is 11.0. The highest BCUT2D eigenvalue weighted by Crippen LogP contribution is 2.35. The zero-order chi connectivity index (χ0) is 22.8. The molecular weight excluding hydrogens is 480 g/mol. The van der Waals surface area contributed by atoms with Gasteiger partial charge in [-0.05, 0) is 42.5 Å². The molecule has 0 aliphatic carbocycles. The quantitative estimate of drug-likeness (QED) is 0.224. The number of hydrogen-bond acceptors (Lipinski definition) is 3. The summed E-state index contributed by atoms with van der Waals surface area (Å²) in [7, 11) is 0. The van der Waals surface area contributed by atoms with Gasteiger partial charge in [-0.15, -0.1) is 0 Å². The fourth-order valence-corrected chi connectivity index (χ4v) is 4.13. The molecule has 0 spiro atoms. The minimum atomic E-state index is -1.39. The lowest BCUT2D eigenvalue weighted by atomic mass is 10.1. The van der Waals surface area contributed by atoms with Gasteiger partial charge in [-0.25, -0.2) is 9.18 Å². The highest BCUT2D eigenvalue weighted by Gasteiger charge is 2.15. The molecule has 0 radical (unpaired) electrons. The average molecular weight is 495 g/mol. The minimum Gasteiger partial charge on any atom is -0.487 e. The van der Waals surface area contributed by atoms with E-state index in [1.165, 1.54) is 6.07 Å². The van der Waals surface area contributed by atoms with Crippen LogP contribution in [0.5, 0.6) is 11.5 Å². The Morgan fingerprint density at radius 2 is 1.81 bits per heavy atom. The van der Waals surface area contributed by atoms with E-state index in [-0.39, 0.29) is 17.4 Å². The lowest BCUT2D eigenvalue weighted by Gasteiger charge is -2.16. The van der Waals surface area contributed by atoms with E-state index in [0.29, 0.717) is 38.9 Å². The Balaban J connectivity index is 1.66. The third-order valence-corrected chi connectivity index (χ3v) is 5.52. The van der Waals surface area contributed by atoms with Crippen LogP contribution >= 0.6 is 34.8 Å². The van der Waals surface area contributed by atoms with E-state index < -0.39 is 12.0 Å². The van der Waals surface area contributed by atoms with Crippen molar-refractivity contribution in [2.24, 2.45) is 0 Å². The summed E-state index contributed by atoms with van der Waals surface area (Å²) in [5.41, 5.74) is 1.74. The molecule has 0 amide bonds. The molecule has 0 aliphatic heterocycles. The second-order valence-electron chi connectivity index (χ2n) is 6.90. The summed E-state index contributed by atoms with van der Waals surface area (Å²) in [6, 6.07) is 14.5. The number of rotatable bonds is 6. The van der Waals surface area contributed by atoms with Crippen molar-refractivity contribution in [1.29, 1.82) is 0 Å². The van der Waals surface area contributed by atoms with E-state index in [4.69, 9.17) is 49.4 Å². The molecule has 4 aromatic rings. The Kier molecular flexibility index (Phi) is 6.46. The van der Waals surface area contributed by atoms with E-state index in [2.05, 4.69) is 0 Å². The predicted octanol–water partition coefficient (Wildman–Crippen LogP) is 7.42. The van der Waals surface area contributed by atoms with Gasteiger partial charge >= 0.3 is 6.16 Å². The second kappa shape index (κ2) is 9.28. The van der Waals surface area contributed by atoms with Crippen LogP contribution in [-0.2, 0) is 13.2 Å². The molecule has 1 N–H and O–H groups in total. The fourth-order valence-electron chi connectivity index (χ4n) is 3.38. The van der Waals surface area contributed by atoms with Crippen LogP contribution < -0.4 is 9.47 Å². The first-order valence-corrected chi connectivity index (χ1v) is 10.5. The van der Waals surface area contributed by atoms with E-state index in [9.17, 15) is 9.18 Å². The van der Waals surface area contributed by atoms with Crippen LogP contribution in [-0.4, -0.2) is 15.8 Å². The molecule has 0 bridgehead atoms. The monoisotopic (exact) mass is 493 g/mol. The van der Waals surface area contributed by atoms with Crippen LogP contribution in [0, 0.1) is 5.82 Å². The fraction of sp³-hybridized carbons (Fsp3) is 0.0870. The summed E-state index contributed by atoms with van der Waals surface area (Å²) >= 11 is 18.4. The van der Waals surface area contributed by atoms with Crippen LogP contribution in [0.4, 0.5) is 9.18 Å². The number of fused-ring (bicyclic) bond motifs is 1. The summed E-state index contributed by atoms with van der Waals surface area (Å²) in [5, 5.41) is 10.6. The number of benzene rings is 3. The van der Waals surface area contributed by atoms with E-state index >= 15 is 0 Å². The van der Waals surface area contributed by atoms with Gasteiger partial charge in [-0.3, -0.25) is 0 Å². The highest BCUT2D eigenvalue weighted by molar-refractivity contribution is 6.35. The molecule has 5 nitrogen and oxygen atoms in total. The van der Waals surface area contributed by atoms with Crippen molar-refractivity contribution >= 4 is 51.9 Å². The molecule has 0 saturated carbocycles. The number of hydrogen-bond donors (Lipinski definition) is 1. The third kappa shape index (κ3) is 4.78. The van der Waals surface area contributed by atoms with Crippen LogP contribution in [0.1, 0.15) is 11.1 Å². The van der Waals surface area contributed by atoms with Gasteiger partial charge in [0.25, 0.3) is 0 Å². The van der Waals surface area contributed by atoms with Crippen LogP contribution in [0.3, 0.4) is 0 Å². The van der Waals surface area contributed by atoms with Gasteiger partial charge in [-0.1, -0.05) is 46.9 Å². The molecule has 1 aromatic heterocycles. The molecule has 3 aromatic carbocycles. The first-order valence-electron chi connectivity index (χ1n) is 9.35. The Morgan fingerprint density at radius 3 is 2.56 bits per heavy atom. The first kappa shape index (κ1) is 22.3. The second-order valence-corrected chi connectivity index (χ2v) is 8.18. The van der Waals surface area contributed by atoms with Crippen molar-refractivity contribution in [2.45, 2.75) is 13.2 Å². The molecule has 0 fully saturated rings. The number of aromatic nitrogens is 1. The zero-order valence-corrected chi connectivity index (χ0v) is 18.6. The minimum absolute atomic E-state index is 0.0552. The Morgan fingerprint density at radius 1 is 1.00 bits per heavy atom. The summed E-state index contributed by atoms with van der Waals surface area (Å²) in [6.07, 6.45) is 0.397. The maximum absolute atomic E-state index is 14.2. The standard InChI is InChI=1S/C23H15Cl3FNO4/c24-15-5-4-13(19(27)10-15)12-31-22-14(8-16(25)9-18(22)26)11-28-7-6-17-20(28)2-1-3-21(17)32-23(29)30/h1-10H,11-12H2,(H,29,30). The largest absolute Gasteiger partial charge is 0.511 e. The van der Waals surface area contributed by atoms with Crippen molar-refractivity contribution in [3.63, 3.8) is 0 Å². The number of halogens is 4. The average Bonchev–Trinajstić information content (AvgIpc) is 3.12. The van der Waals surface area contributed by atoms with Crippen molar-refractivity contribution in [2.75, 3.05) is 0 Å². The summed E-state index contributed by atoms with van der Waals surface area (Å²) in [4.78, 5) is 11.0. The maximum atomic E-state index is 14.2. The summed E-state index contributed by atoms with van der Waals surface area (Å²) in [6.45, 7) is 0.263. The Hall–Kier alpha value is -2.93. The van der Waals surface area contributed by atoms with Gasteiger partial charge in [-0.2, -0.15) is 0 Å². The number of carboxylic acid groups (broad SMARTS) is 1. The number of carbonyl (C=O) groups is 1. The van der Waals surface area contributed by atoms with Gasteiger partial charge in [0.2, 0.25) is 0 Å². The molecule has 0 aliphatic rings. The zero-order valence-electron chi connectivity index (χ0n) is 16.3. The topological polar surface area (TPSA) is 60.7 Å². The number of ether oxygens (including phenoxy) is 2. The summed E-state index contributed by atoms with van der Waals surface area (Å²) < 4.78 is 26.8. The molecule has 9 heteroatoms. The van der Waals surface area contributed by atoms with Crippen LogP contribution in [0.25, 0.3) is 10.9 Å². The highest BCUT2D eigenvalue weighted by atomic mass is 35.5. The van der Waals surface area contributed by atoms with Gasteiger partial charge in [0.05, 0.1) is 17.1 Å². The maximum Gasteiger partial charge on any atom is 0.511 e. The van der Waals surface area contributed by atoms with Crippen molar-refractivity contribution in [3.05, 3.63) is 92.8 Å². The van der Waals surface area contributed by atoms with E-state index in [1.54, 1.807) is 48.7 Å². The Bertz CT molecular complexity index is 1320. The molecule has 0 unspecified atom stereocenters. The van der Waals surface area contributed by atoms with Gasteiger partial charge in [0, 0.05) is 32.8 Å². The predicted molar refractivity (Wildman–Crippen MR) is 122 cm³/mol. The van der Waals surface area contributed by atoms with Crippen LogP contribution in [0.2, 0.25) is 15.1 Å². The van der Waals surface area contributed by atoms with Crippen molar-refractivity contribution < 1.29 is 23.8 Å². The molecule has 164 valence electrons. The van der Waals surface area contributed by atoms with Gasteiger partial charge < -0.3 is 19.1 Å². The molecule has 0 saturated heterocycles. The smallest absolute Gasteiger partial charge is 0.487 e. The Labute approximate surface area is 197 Å². The molecular formula is C23H15Cl3FNO4. The third-order valence-electron chi connectivity index (χ3n) is 4.78. The molecule has 4 rings (SSSR count). The van der Waals surface area contributed by atoms with Crippen molar-refractivity contribution in [1.82, 2.24) is 4.57 Å². The molecule has 1 heterocycles. The molecule has 32 heavy (non-hydrogen) atoms. The molecule has 0 atom stereocenters.